The second kappa shape index (κ2) is 9.33. The van der Waals surface area contributed by atoms with Crippen LogP contribution in [0.3, 0.4) is 0 Å². The maximum absolute atomic E-state index is 13.0. The molecule has 4 rings (SSSR count). The largest absolute Gasteiger partial charge is 0.481 e. The Labute approximate surface area is 200 Å². The molecule has 0 saturated heterocycles. The van der Waals surface area contributed by atoms with E-state index in [1.54, 1.807) is 11.1 Å². The van der Waals surface area contributed by atoms with Crippen LogP contribution in [0.2, 0.25) is 0 Å². The van der Waals surface area contributed by atoms with Gasteiger partial charge in [0.1, 0.15) is 12.3 Å². The van der Waals surface area contributed by atoms with Crippen LogP contribution in [-0.4, -0.2) is 51.2 Å². The summed E-state index contributed by atoms with van der Waals surface area (Å²) in [4.78, 5) is 30.2. The van der Waals surface area contributed by atoms with Gasteiger partial charge in [-0.2, -0.15) is 13.2 Å². The van der Waals surface area contributed by atoms with Crippen LogP contribution < -0.4 is 0 Å². The number of halogens is 3. The van der Waals surface area contributed by atoms with Crippen LogP contribution in [0.15, 0.2) is 42.6 Å². The Bertz CT molecular complexity index is 1250. The van der Waals surface area contributed by atoms with Gasteiger partial charge in [-0.1, -0.05) is 12.1 Å². The summed E-state index contributed by atoms with van der Waals surface area (Å²) in [5, 5.41) is 10.2. The number of carboxylic acids is 1. The molecular formula is C25H26F3N3O4. The topological polar surface area (TPSA) is 84.7 Å². The van der Waals surface area contributed by atoms with Crippen molar-refractivity contribution in [2.75, 3.05) is 19.8 Å². The summed E-state index contributed by atoms with van der Waals surface area (Å²) >= 11 is 0. The fraction of sp³-hybridized carbons (Fsp3) is 0.400. The van der Waals surface area contributed by atoms with Gasteiger partial charge in [0.25, 0.3) is 0 Å². The number of nitrogens with zero attached hydrogens (tertiary/aromatic N) is 3. The Morgan fingerprint density at radius 1 is 1.14 bits per heavy atom. The van der Waals surface area contributed by atoms with Gasteiger partial charge in [-0.15, -0.1) is 0 Å². The minimum absolute atomic E-state index is 0.0920. The van der Waals surface area contributed by atoms with Gasteiger partial charge >= 0.3 is 12.1 Å². The number of hydrogen-bond acceptors (Lipinski definition) is 4. The lowest BCUT2D eigenvalue weighted by molar-refractivity contribution is -0.153. The first kappa shape index (κ1) is 24.7. The maximum Gasteiger partial charge on any atom is 0.416 e. The van der Waals surface area contributed by atoms with Crippen LogP contribution >= 0.6 is 0 Å². The molecule has 0 saturated carbocycles. The van der Waals surface area contributed by atoms with Crippen LogP contribution in [0.25, 0.3) is 11.0 Å². The van der Waals surface area contributed by atoms with Crippen LogP contribution in [0.5, 0.6) is 0 Å². The normalized spacial score (nSPS) is 14.3. The van der Waals surface area contributed by atoms with Crippen molar-refractivity contribution in [3.8, 4) is 0 Å². The monoisotopic (exact) mass is 489 g/mol. The number of carboxylic acid groups (broad SMARTS) is 1. The Balaban J connectivity index is 1.55. The number of amides is 1. The fourth-order valence-corrected chi connectivity index (χ4v) is 4.17. The smallest absolute Gasteiger partial charge is 0.416 e. The molecule has 1 aromatic carbocycles. The Kier molecular flexibility index (Phi) is 6.59. The molecule has 0 unspecified atom stereocenters. The standard InChI is InChI=1S/C25H26F3N3O4/c1-24(2,23(33)34)15-35-14-21(32)30-11-9-18-19-4-3-10-29-22(19)31(20(18)13-30)12-16-5-7-17(8-6-16)25(26,27)28/h3-8,10H,9,11-15H2,1-2H3,(H,33,34). The first-order valence-electron chi connectivity index (χ1n) is 11.2. The zero-order valence-corrected chi connectivity index (χ0v) is 19.4. The van der Waals surface area contributed by atoms with E-state index in [2.05, 4.69) is 4.98 Å². The highest BCUT2D eigenvalue weighted by molar-refractivity contribution is 5.84. The van der Waals surface area contributed by atoms with Crippen molar-refractivity contribution < 1.29 is 32.6 Å². The molecule has 0 atom stereocenters. The van der Waals surface area contributed by atoms with Crippen molar-refractivity contribution in [1.29, 1.82) is 0 Å². The average Bonchev–Trinajstić information content (AvgIpc) is 3.11. The lowest BCUT2D eigenvalue weighted by atomic mass is 9.95. The minimum atomic E-state index is -4.40. The SMILES string of the molecule is CC(C)(COCC(=O)N1CCc2c(n(Cc3ccc(C(F)(F)F)cc3)c3ncccc23)C1)C(=O)O. The summed E-state index contributed by atoms with van der Waals surface area (Å²) in [7, 11) is 0. The summed E-state index contributed by atoms with van der Waals surface area (Å²) in [6.07, 6.45) is -2.14. The highest BCUT2D eigenvalue weighted by Gasteiger charge is 2.31. The van der Waals surface area contributed by atoms with Crippen LogP contribution in [-0.2, 0) is 40.0 Å². The second-order valence-corrected chi connectivity index (χ2v) is 9.33. The van der Waals surface area contributed by atoms with Crippen LogP contribution in [0.1, 0.15) is 36.2 Å². The third-order valence-electron chi connectivity index (χ3n) is 6.26. The van der Waals surface area contributed by atoms with Crippen molar-refractivity contribution in [2.24, 2.45) is 5.41 Å². The van der Waals surface area contributed by atoms with E-state index in [9.17, 15) is 27.9 Å². The van der Waals surface area contributed by atoms with Crippen molar-refractivity contribution >= 4 is 22.9 Å². The number of benzene rings is 1. The number of aromatic nitrogens is 2. The van der Waals surface area contributed by atoms with E-state index in [4.69, 9.17) is 4.74 Å². The summed E-state index contributed by atoms with van der Waals surface area (Å²) in [5.41, 5.74) is 1.54. The molecule has 0 fully saturated rings. The van der Waals surface area contributed by atoms with Gasteiger partial charge < -0.3 is 19.3 Å². The van der Waals surface area contributed by atoms with Crippen LogP contribution in [0.4, 0.5) is 13.2 Å². The van der Waals surface area contributed by atoms with Gasteiger partial charge in [0, 0.05) is 30.4 Å². The number of pyridine rings is 1. The van der Waals surface area contributed by atoms with Gasteiger partial charge in [0.15, 0.2) is 0 Å². The predicted octanol–water partition coefficient (Wildman–Crippen LogP) is 4.12. The van der Waals surface area contributed by atoms with E-state index in [0.717, 1.165) is 28.8 Å². The summed E-state index contributed by atoms with van der Waals surface area (Å²) in [6.45, 7) is 3.82. The highest BCUT2D eigenvalue weighted by Crippen LogP contribution is 2.32. The van der Waals surface area contributed by atoms with Crippen molar-refractivity contribution in [3.63, 3.8) is 0 Å². The molecule has 3 heterocycles. The van der Waals surface area contributed by atoms with Gasteiger partial charge in [0.05, 0.1) is 24.1 Å². The van der Waals surface area contributed by atoms with Crippen molar-refractivity contribution in [1.82, 2.24) is 14.5 Å². The molecule has 3 aromatic rings. The van der Waals surface area contributed by atoms with Gasteiger partial charge in [-0.3, -0.25) is 9.59 Å². The van der Waals surface area contributed by atoms with Gasteiger partial charge in [-0.05, 0) is 55.7 Å². The Morgan fingerprint density at radius 2 is 1.86 bits per heavy atom. The quantitative estimate of drug-likeness (QED) is 0.540. The van der Waals surface area contributed by atoms with Crippen LogP contribution in [0, 0.1) is 5.41 Å². The molecule has 0 bridgehead atoms. The summed E-state index contributed by atoms with van der Waals surface area (Å²) < 4.78 is 46.2. The van der Waals surface area contributed by atoms with Gasteiger partial charge in [0.2, 0.25) is 5.91 Å². The summed E-state index contributed by atoms with van der Waals surface area (Å²) in [6, 6.07) is 8.82. The third kappa shape index (κ3) is 5.17. The van der Waals surface area contributed by atoms with Gasteiger partial charge in [-0.25, -0.2) is 4.98 Å². The number of ether oxygens (including phenoxy) is 1. The Morgan fingerprint density at radius 3 is 2.51 bits per heavy atom. The molecule has 1 N–H and O–H groups in total. The molecule has 186 valence electrons. The molecular weight excluding hydrogens is 463 g/mol. The lowest BCUT2D eigenvalue weighted by Crippen LogP contribution is -2.40. The zero-order chi connectivity index (χ0) is 25.4. The second-order valence-electron chi connectivity index (χ2n) is 9.33. The van der Waals surface area contributed by atoms with E-state index >= 15 is 0 Å². The number of rotatable bonds is 7. The zero-order valence-electron chi connectivity index (χ0n) is 19.4. The number of carbonyl (C=O) groups is 2. The molecule has 1 aliphatic rings. The van der Waals surface area contributed by atoms with E-state index in [1.807, 2.05) is 16.7 Å². The van der Waals surface area contributed by atoms with E-state index in [0.29, 0.717) is 37.3 Å². The molecule has 35 heavy (non-hydrogen) atoms. The number of hydrogen-bond donors (Lipinski definition) is 1. The first-order valence-corrected chi connectivity index (χ1v) is 11.2. The molecule has 1 amide bonds. The number of carbonyl (C=O) groups excluding carboxylic acids is 1. The molecule has 2 aromatic heterocycles. The van der Waals surface area contributed by atoms with E-state index in [-0.39, 0.29) is 19.1 Å². The first-order chi connectivity index (χ1) is 16.5. The predicted molar refractivity (Wildman–Crippen MR) is 122 cm³/mol. The maximum atomic E-state index is 13.0. The van der Waals surface area contributed by atoms with E-state index < -0.39 is 23.1 Å². The van der Waals surface area contributed by atoms with E-state index in [1.165, 1.54) is 26.0 Å². The third-order valence-corrected chi connectivity index (χ3v) is 6.26. The average molecular weight is 489 g/mol. The fourth-order valence-electron chi connectivity index (χ4n) is 4.17. The Hall–Kier alpha value is -3.40. The molecule has 0 radical (unpaired) electrons. The number of fused-ring (bicyclic) bond motifs is 3. The molecule has 0 spiro atoms. The molecule has 7 nitrogen and oxygen atoms in total. The van der Waals surface area contributed by atoms with Crippen molar-refractivity contribution in [3.05, 3.63) is 65.0 Å². The number of aliphatic carboxylic acids is 1. The molecule has 10 heteroatoms. The highest BCUT2D eigenvalue weighted by atomic mass is 19.4. The number of alkyl halides is 3. The minimum Gasteiger partial charge on any atom is -0.481 e. The molecule has 0 aliphatic carbocycles. The summed E-state index contributed by atoms with van der Waals surface area (Å²) in [5.74, 6) is -1.26. The van der Waals surface area contributed by atoms with Crippen molar-refractivity contribution in [2.45, 2.75) is 39.5 Å². The molecule has 1 aliphatic heterocycles. The lowest BCUT2D eigenvalue weighted by Gasteiger charge is -2.29.